The van der Waals surface area contributed by atoms with Gasteiger partial charge >= 0.3 is 0 Å². The van der Waals surface area contributed by atoms with E-state index in [2.05, 4.69) is 4.99 Å². The summed E-state index contributed by atoms with van der Waals surface area (Å²) in [7, 11) is 3.18. The molecule has 0 aliphatic carbocycles. The second kappa shape index (κ2) is 9.46. The summed E-state index contributed by atoms with van der Waals surface area (Å²) >= 11 is 0. The highest BCUT2D eigenvalue weighted by molar-refractivity contribution is 6.19. The van der Waals surface area contributed by atoms with Gasteiger partial charge in [-0.3, -0.25) is 9.79 Å². The Balaban J connectivity index is 1.50. The Labute approximate surface area is 203 Å². The first-order chi connectivity index (χ1) is 17.1. The summed E-state index contributed by atoms with van der Waals surface area (Å²) < 4.78 is 16.7. The van der Waals surface area contributed by atoms with Crippen LogP contribution in [0.2, 0.25) is 0 Å². The van der Waals surface area contributed by atoms with Gasteiger partial charge in [-0.15, -0.1) is 0 Å². The number of rotatable bonds is 6. The van der Waals surface area contributed by atoms with Crippen LogP contribution in [0, 0.1) is 6.92 Å². The zero-order valence-electron chi connectivity index (χ0n) is 19.8. The third-order valence-corrected chi connectivity index (χ3v) is 6.00. The largest absolute Gasteiger partial charge is 0.493 e. The van der Waals surface area contributed by atoms with Crippen LogP contribution in [0.5, 0.6) is 11.5 Å². The third-order valence-electron chi connectivity index (χ3n) is 6.00. The van der Waals surface area contributed by atoms with E-state index in [9.17, 15) is 4.79 Å². The van der Waals surface area contributed by atoms with Gasteiger partial charge in [-0.25, -0.2) is 4.98 Å². The van der Waals surface area contributed by atoms with Crippen molar-refractivity contribution in [2.24, 2.45) is 4.99 Å². The molecule has 7 nitrogen and oxygen atoms in total. The minimum Gasteiger partial charge on any atom is -0.493 e. The molecule has 2 heterocycles. The summed E-state index contributed by atoms with van der Waals surface area (Å²) in [6.07, 6.45) is 0. The molecule has 176 valence electrons. The molecule has 4 aromatic rings. The highest BCUT2D eigenvalue weighted by Crippen LogP contribution is 2.34. The van der Waals surface area contributed by atoms with E-state index < -0.39 is 0 Å². The number of oxazole rings is 1. The zero-order chi connectivity index (χ0) is 24.4. The predicted molar refractivity (Wildman–Crippen MR) is 134 cm³/mol. The maximum Gasteiger partial charge on any atom is 0.249 e. The fourth-order valence-corrected chi connectivity index (χ4v) is 4.19. The Morgan fingerprint density at radius 3 is 2.43 bits per heavy atom. The second-order valence-electron chi connectivity index (χ2n) is 8.12. The van der Waals surface area contributed by atoms with Gasteiger partial charge in [0.05, 0.1) is 32.2 Å². The Morgan fingerprint density at radius 1 is 0.914 bits per heavy atom. The molecule has 3 aromatic carbocycles. The number of amides is 1. The lowest BCUT2D eigenvalue weighted by molar-refractivity contribution is -0.117. The summed E-state index contributed by atoms with van der Waals surface area (Å²) in [5, 5.41) is 0. The maximum absolute atomic E-state index is 13.2. The van der Waals surface area contributed by atoms with Crippen molar-refractivity contribution in [1.82, 2.24) is 4.98 Å². The highest BCUT2D eigenvalue weighted by atomic mass is 16.5. The summed E-state index contributed by atoms with van der Waals surface area (Å²) in [6, 6.07) is 23.2. The highest BCUT2D eigenvalue weighted by Gasteiger charge is 2.27. The van der Waals surface area contributed by atoms with E-state index in [1.54, 1.807) is 19.1 Å². The number of hydrogen-bond acceptors (Lipinski definition) is 6. The van der Waals surface area contributed by atoms with Crippen molar-refractivity contribution in [1.29, 1.82) is 0 Å². The lowest BCUT2D eigenvalue weighted by Gasteiger charge is -2.22. The fourth-order valence-electron chi connectivity index (χ4n) is 4.19. The normalized spacial score (nSPS) is 13.2. The SMILES string of the molecule is COc1ccc(-c2nc(CN3C(=O)CN=C(c4ccccc4)c4ccccc43)c(C)o2)cc1OC. The molecule has 0 saturated carbocycles. The zero-order valence-corrected chi connectivity index (χ0v) is 19.8. The molecule has 0 fully saturated rings. The minimum absolute atomic E-state index is 0.0539. The first-order valence-corrected chi connectivity index (χ1v) is 11.3. The maximum atomic E-state index is 13.2. The molecule has 35 heavy (non-hydrogen) atoms. The van der Waals surface area contributed by atoms with Crippen LogP contribution in [-0.4, -0.2) is 37.4 Å². The Kier molecular flexibility index (Phi) is 6.06. The van der Waals surface area contributed by atoms with Crippen LogP contribution in [0.15, 0.2) is 82.2 Å². The number of anilines is 1. The Hall–Kier alpha value is -4.39. The lowest BCUT2D eigenvalue weighted by atomic mass is 10.00. The molecule has 7 heteroatoms. The van der Waals surface area contributed by atoms with E-state index in [1.807, 2.05) is 79.7 Å². The van der Waals surface area contributed by atoms with Crippen molar-refractivity contribution in [3.8, 4) is 23.0 Å². The first-order valence-electron chi connectivity index (χ1n) is 11.3. The van der Waals surface area contributed by atoms with E-state index in [0.29, 0.717) is 28.8 Å². The average Bonchev–Trinajstić information content (AvgIpc) is 3.20. The fraction of sp³-hybridized carbons (Fsp3) is 0.179. The second-order valence-corrected chi connectivity index (χ2v) is 8.12. The number of aromatic nitrogens is 1. The summed E-state index contributed by atoms with van der Waals surface area (Å²) in [6.45, 7) is 2.18. The van der Waals surface area contributed by atoms with Crippen LogP contribution in [-0.2, 0) is 11.3 Å². The van der Waals surface area contributed by atoms with Gasteiger partial charge in [0.15, 0.2) is 11.5 Å². The number of carbonyl (C=O) groups is 1. The number of nitrogens with zero attached hydrogens (tertiary/aromatic N) is 3. The standard InChI is InChI=1S/C28H25N3O4/c1-18-22(30-28(35-18)20-13-14-24(33-2)25(15-20)34-3)17-31-23-12-8-7-11-21(23)27(29-16-26(31)32)19-9-5-4-6-10-19/h4-15H,16-17H2,1-3H3. The molecule has 0 spiro atoms. The van der Waals surface area contributed by atoms with Gasteiger partial charge in [0.2, 0.25) is 11.8 Å². The van der Waals surface area contributed by atoms with Gasteiger partial charge in [-0.05, 0) is 31.2 Å². The number of hydrogen-bond donors (Lipinski definition) is 0. The van der Waals surface area contributed by atoms with Gasteiger partial charge < -0.3 is 18.8 Å². The number of aryl methyl sites for hydroxylation is 1. The number of para-hydroxylation sites is 1. The topological polar surface area (TPSA) is 77.2 Å². The van der Waals surface area contributed by atoms with E-state index in [4.69, 9.17) is 18.9 Å². The Bertz CT molecular complexity index is 1410. The number of methoxy groups -OCH3 is 2. The van der Waals surface area contributed by atoms with Crippen molar-refractivity contribution < 1.29 is 18.7 Å². The average molecular weight is 468 g/mol. The molecule has 0 atom stereocenters. The predicted octanol–water partition coefficient (Wildman–Crippen LogP) is 5.05. The van der Waals surface area contributed by atoms with Crippen LogP contribution in [0.3, 0.4) is 0 Å². The smallest absolute Gasteiger partial charge is 0.249 e. The number of carbonyl (C=O) groups excluding carboxylic acids is 1. The van der Waals surface area contributed by atoms with E-state index in [-0.39, 0.29) is 19.0 Å². The molecule has 0 bridgehead atoms. The van der Waals surface area contributed by atoms with Crippen molar-refractivity contribution in [2.75, 3.05) is 25.7 Å². The molecule has 0 saturated heterocycles. The number of fused-ring (bicyclic) bond motifs is 1. The van der Waals surface area contributed by atoms with Crippen LogP contribution in [0.25, 0.3) is 11.5 Å². The van der Waals surface area contributed by atoms with Crippen LogP contribution >= 0.6 is 0 Å². The molecule has 0 radical (unpaired) electrons. The molecule has 5 rings (SSSR count). The molecule has 1 aromatic heterocycles. The molecular weight excluding hydrogens is 442 g/mol. The summed E-state index contributed by atoms with van der Waals surface area (Å²) in [4.78, 5) is 24.4. The van der Waals surface area contributed by atoms with Gasteiger partial charge in [-0.1, -0.05) is 48.5 Å². The van der Waals surface area contributed by atoms with Crippen molar-refractivity contribution in [3.63, 3.8) is 0 Å². The molecule has 0 N–H and O–H groups in total. The van der Waals surface area contributed by atoms with Gasteiger partial charge in [0.1, 0.15) is 18.0 Å². The molecular formula is C28H25N3O4. The Morgan fingerprint density at radius 2 is 1.66 bits per heavy atom. The molecule has 1 aliphatic rings. The van der Waals surface area contributed by atoms with Crippen molar-refractivity contribution in [3.05, 3.63) is 95.4 Å². The molecule has 0 unspecified atom stereocenters. The van der Waals surface area contributed by atoms with Gasteiger partial charge in [-0.2, -0.15) is 0 Å². The summed E-state index contributed by atoms with van der Waals surface area (Å²) in [5.74, 6) is 2.22. The number of aliphatic imine (C=N–C) groups is 1. The minimum atomic E-state index is -0.0987. The molecule has 1 amide bonds. The number of benzene rings is 3. The van der Waals surface area contributed by atoms with Gasteiger partial charge in [0, 0.05) is 16.7 Å². The number of ether oxygens (including phenoxy) is 2. The van der Waals surface area contributed by atoms with Crippen LogP contribution < -0.4 is 14.4 Å². The quantitative estimate of drug-likeness (QED) is 0.397. The van der Waals surface area contributed by atoms with E-state index in [1.165, 1.54) is 0 Å². The monoisotopic (exact) mass is 467 g/mol. The number of benzodiazepines with no additional fused rings is 1. The van der Waals surface area contributed by atoms with Crippen LogP contribution in [0.4, 0.5) is 5.69 Å². The third kappa shape index (κ3) is 4.28. The first kappa shape index (κ1) is 22.4. The molecule has 1 aliphatic heterocycles. The van der Waals surface area contributed by atoms with Crippen molar-refractivity contribution in [2.45, 2.75) is 13.5 Å². The van der Waals surface area contributed by atoms with Gasteiger partial charge in [0.25, 0.3) is 0 Å². The summed E-state index contributed by atoms with van der Waals surface area (Å²) in [5.41, 5.74) is 4.93. The van der Waals surface area contributed by atoms with Crippen molar-refractivity contribution >= 4 is 17.3 Å². The van der Waals surface area contributed by atoms with E-state index in [0.717, 1.165) is 28.1 Å². The lowest BCUT2D eigenvalue weighted by Crippen LogP contribution is -2.32. The van der Waals surface area contributed by atoms with Crippen LogP contribution in [0.1, 0.15) is 22.6 Å². The van der Waals surface area contributed by atoms with E-state index >= 15 is 0 Å².